The molecule has 0 atom stereocenters. The number of hydrogen-bond donors (Lipinski definition) is 3. The van der Waals surface area contributed by atoms with Crippen molar-refractivity contribution in [3.8, 4) is 0 Å². The van der Waals surface area contributed by atoms with E-state index >= 15 is 0 Å². The van der Waals surface area contributed by atoms with E-state index in [1.165, 1.54) is 18.5 Å². The molecule has 0 unspecified atom stereocenters. The third kappa shape index (κ3) is 6.43. The van der Waals surface area contributed by atoms with Gasteiger partial charge in [-0.2, -0.15) is 9.97 Å². The monoisotopic (exact) mass is 651 g/mol. The Labute approximate surface area is 273 Å². The number of nitrogens with zero attached hydrogens (tertiary/aromatic N) is 4. The summed E-state index contributed by atoms with van der Waals surface area (Å²) in [7, 11) is 3.51. The SMILES string of the molecule is CC(C)c1ccc2oc3nc(N)c(C(=O)O)cc3c(=O)c2c1.CC(C)c1ccc2oc3nc(N=CN(C)C)c(C(=O)O)cc3c(=O)c2c1. The van der Waals surface area contributed by atoms with E-state index in [1.807, 2.05) is 39.8 Å². The van der Waals surface area contributed by atoms with E-state index in [9.17, 15) is 24.3 Å². The van der Waals surface area contributed by atoms with Crippen LogP contribution in [-0.2, 0) is 0 Å². The van der Waals surface area contributed by atoms with Crippen molar-refractivity contribution in [2.45, 2.75) is 39.5 Å². The van der Waals surface area contributed by atoms with E-state index in [0.29, 0.717) is 21.9 Å². The van der Waals surface area contributed by atoms with Crippen LogP contribution in [0.1, 0.15) is 71.4 Å². The minimum atomic E-state index is -1.23. The first-order valence-corrected chi connectivity index (χ1v) is 14.9. The second kappa shape index (κ2) is 12.9. The van der Waals surface area contributed by atoms with Crippen LogP contribution < -0.4 is 16.6 Å². The standard InChI is InChI=1S/C19H19N3O4.C16H14N2O4/c1-10(2)11-5-6-15-12(7-11)16(23)13-8-14(19(24)25)17(20-9-22(3)4)21-18(13)26-15;1-7(2)8-3-4-12-9(5-8)13(19)10-6-11(16(20)21)14(17)18-15(10)22-12/h5-10H,1-4H3,(H,24,25);3-7H,1-2H3,(H2,17,18)(H,20,21). The minimum absolute atomic E-state index is 0.0139. The number of aromatic nitrogens is 2. The highest BCUT2D eigenvalue weighted by molar-refractivity contribution is 5.99. The van der Waals surface area contributed by atoms with E-state index in [4.69, 9.17) is 19.7 Å². The molecule has 0 radical (unpaired) electrons. The number of anilines is 1. The normalized spacial score (nSPS) is 11.6. The van der Waals surface area contributed by atoms with Crippen molar-refractivity contribution >= 4 is 74.1 Å². The van der Waals surface area contributed by atoms with E-state index in [1.54, 1.807) is 43.3 Å². The number of aromatic carboxylic acids is 2. The molecule has 0 aliphatic rings. The van der Waals surface area contributed by atoms with Crippen molar-refractivity contribution in [3.63, 3.8) is 0 Å². The Morgan fingerprint density at radius 1 is 0.750 bits per heavy atom. The number of benzene rings is 2. The molecule has 0 bridgehead atoms. The first-order valence-electron chi connectivity index (χ1n) is 14.9. The smallest absolute Gasteiger partial charge is 0.339 e. The number of aliphatic imine (C=N–C) groups is 1. The lowest BCUT2D eigenvalue weighted by Crippen LogP contribution is -2.09. The molecule has 48 heavy (non-hydrogen) atoms. The molecule has 4 heterocycles. The van der Waals surface area contributed by atoms with Crippen molar-refractivity contribution in [2.24, 2.45) is 4.99 Å². The molecular formula is C35H33N5O8. The predicted molar refractivity (Wildman–Crippen MR) is 184 cm³/mol. The van der Waals surface area contributed by atoms with E-state index < -0.39 is 11.9 Å². The maximum atomic E-state index is 12.9. The molecule has 246 valence electrons. The lowest BCUT2D eigenvalue weighted by Gasteiger charge is -2.08. The van der Waals surface area contributed by atoms with Crippen LogP contribution >= 0.6 is 0 Å². The highest BCUT2D eigenvalue weighted by atomic mass is 16.4. The van der Waals surface area contributed by atoms with Crippen molar-refractivity contribution in [1.29, 1.82) is 0 Å². The molecule has 0 saturated heterocycles. The molecule has 6 rings (SSSR count). The number of nitrogen functional groups attached to an aromatic ring is 1. The van der Waals surface area contributed by atoms with Crippen molar-refractivity contribution in [3.05, 3.63) is 91.2 Å². The summed E-state index contributed by atoms with van der Waals surface area (Å²) in [6.07, 6.45) is 1.44. The molecule has 0 aliphatic heterocycles. The maximum absolute atomic E-state index is 12.9. The number of hydrogen-bond acceptors (Lipinski definition) is 10. The molecule has 4 N–H and O–H groups in total. The molecule has 0 saturated carbocycles. The van der Waals surface area contributed by atoms with Gasteiger partial charge in [-0.25, -0.2) is 14.6 Å². The highest BCUT2D eigenvalue weighted by Crippen LogP contribution is 2.27. The van der Waals surface area contributed by atoms with Gasteiger partial charge in [-0.15, -0.1) is 0 Å². The van der Waals surface area contributed by atoms with Gasteiger partial charge in [-0.1, -0.05) is 39.8 Å². The summed E-state index contributed by atoms with van der Waals surface area (Å²) in [6.45, 7) is 8.11. The lowest BCUT2D eigenvalue weighted by molar-refractivity contribution is 0.0686. The zero-order valence-electron chi connectivity index (χ0n) is 27.1. The van der Waals surface area contributed by atoms with Gasteiger partial charge in [-0.3, -0.25) is 9.59 Å². The predicted octanol–water partition coefficient (Wildman–Crippen LogP) is 6.13. The fourth-order valence-corrected chi connectivity index (χ4v) is 4.92. The van der Waals surface area contributed by atoms with Gasteiger partial charge in [0.1, 0.15) is 28.1 Å². The second-order valence-corrected chi connectivity index (χ2v) is 12.0. The van der Waals surface area contributed by atoms with Crippen LogP contribution in [0.4, 0.5) is 11.6 Å². The Morgan fingerprint density at radius 3 is 1.65 bits per heavy atom. The van der Waals surface area contributed by atoms with Crippen molar-refractivity contribution < 1.29 is 28.6 Å². The Hall–Kier alpha value is -6.11. The summed E-state index contributed by atoms with van der Waals surface area (Å²) in [4.78, 5) is 62.0. The minimum Gasteiger partial charge on any atom is -0.478 e. The van der Waals surface area contributed by atoms with Crippen LogP contribution in [-0.4, -0.2) is 57.5 Å². The molecule has 4 aromatic heterocycles. The van der Waals surface area contributed by atoms with Gasteiger partial charge in [0.15, 0.2) is 5.82 Å². The van der Waals surface area contributed by atoms with Gasteiger partial charge in [0, 0.05) is 14.1 Å². The number of carboxylic acids is 2. The Balaban J connectivity index is 0.000000190. The van der Waals surface area contributed by atoms with Crippen molar-refractivity contribution in [1.82, 2.24) is 14.9 Å². The quantitative estimate of drug-likeness (QED) is 0.106. The summed E-state index contributed by atoms with van der Waals surface area (Å²) in [5.74, 6) is -2.12. The zero-order chi connectivity index (χ0) is 35.0. The zero-order valence-corrected chi connectivity index (χ0v) is 27.1. The average Bonchev–Trinajstić information content (AvgIpc) is 3.03. The number of rotatable bonds is 6. The van der Waals surface area contributed by atoms with Crippen LogP contribution in [0.25, 0.3) is 44.1 Å². The van der Waals surface area contributed by atoms with E-state index in [0.717, 1.165) is 11.1 Å². The second-order valence-electron chi connectivity index (χ2n) is 12.0. The first-order chi connectivity index (χ1) is 22.7. The number of nitrogens with two attached hydrogens (primary N) is 1. The summed E-state index contributed by atoms with van der Waals surface area (Å²) in [5.41, 5.74) is 7.53. The number of carboxylic acid groups (broad SMARTS) is 2. The summed E-state index contributed by atoms with van der Waals surface area (Å²) < 4.78 is 11.3. The number of pyridine rings is 2. The third-order valence-corrected chi connectivity index (χ3v) is 7.59. The highest BCUT2D eigenvalue weighted by Gasteiger charge is 2.19. The number of carbonyl (C=O) groups is 2. The van der Waals surface area contributed by atoms with Gasteiger partial charge < -0.3 is 29.7 Å². The van der Waals surface area contributed by atoms with Crippen LogP contribution in [0, 0.1) is 0 Å². The molecule has 0 aliphatic carbocycles. The fourth-order valence-electron chi connectivity index (χ4n) is 4.92. The Bertz CT molecular complexity index is 2410. The average molecular weight is 652 g/mol. The topological polar surface area (TPSA) is 202 Å². The van der Waals surface area contributed by atoms with Crippen LogP contribution in [0.5, 0.6) is 0 Å². The summed E-state index contributed by atoms with van der Waals surface area (Å²) >= 11 is 0. The number of fused-ring (bicyclic) bond motifs is 4. The molecule has 13 heteroatoms. The Morgan fingerprint density at radius 2 is 1.21 bits per heavy atom. The maximum Gasteiger partial charge on any atom is 0.339 e. The van der Waals surface area contributed by atoms with Crippen LogP contribution in [0.2, 0.25) is 0 Å². The van der Waals surface area contributed by atoms with Gasteiger partial charge in [0.25, 0.3) is 0 Å². The molecule has 0 spiro atoms. The van der Waals surface area contributed by atoms with E-state index in [2.05, 4.69) is 15.0 Å². The van der Waals surface area contributed by atoms with Crippen LogP contribution in [0.3, 0.4) is 0 Å². The largest absolute Gasteiger partial charge is 0.478 e. The molecule has 13 nitrogen and oxygen atoms in total. The molecule has 6 aromatic rings. The fraction of sp³-hybridized carbons (Fsp3) is 0.229. The third-order valence-electron chi connectivity index (χ3n) is 7.59. The molecule has 0 amide bonds. The van der Waals surface area contributed by atoms with Crippen LogP contribution in [0.15, 0.2) is 71.9 Å². The molecular weight excluding hydrogens is 618 g/mol. The Kier molecular flexibility index (Phi) is 8.97. The lowest BCUT2D eigenvalue weighted by atomic mass is 10.0. The summed E-state index contributed by atoms with van der Waals surface area (Å²) in [5, 5.41) is 19.6. The first kappa shape index (κ1) is 33.3. The van der Waals surface area contributed by atoms with Crippen molar-refractivity contribution in [2.75, 3.05) is 19.8 Å². The summed E-state index contributed by atoms with van der Waals surface area (Å²) in [6, 6.07) is 13.3. The van der Waals surface area contributed by atoms with Gasteiger partial charge in [-0.05, 0) is 59.4 Å². The van der Waals surface area contributed by atoms with Gasteiger partial charge in [0.05, 0.1) is 27.9 Å². The van der Waals surface area contributed by atoms with Gasteiger partial charge >= 0.3 is 11.9 Å². The van der Waals surface area contributed by atoms with Gasteiger partial charge in [0.2, 0.25) is 22.3 Å². The molecule has 2 aromatic carbocycles. The van der Waals surface area contributed by atoms with E-state index in [-0.39, 0.29) is 67.7 Å². The molecule has 0 fully saturated rings.